The molecule has 0 amide bonds. The number of aromatic nitrogens is 1. The van der Waals surface area contributed by atoms with E-state index in [0.717, 1.165) is 60.6 Å². The van der Waals surface area contributed by atoms with E-state index in [1.54, 1.807) is 11.3 Å². The number of aliphatic carboxylic acids is 1. The third-order valence-corrected chi connectivity index (χ3v) is 6.95. The molecule has 1 aromatic heterocycles. The van der Waals surface area contributed by atoms with Gasteiger partial charge in [-0.25, -0.2) is 4.98 Å². The van der Waals surface area contributed by atoms with Gasteiger partial charge in [0, 0.05) is 42.5 Å². The highest BCUT2D eigenvalue weighted by Gasteiger charge is 2.22. The fourth-order valence-electron chi connectivity index (χ4n) is 4.17. The molecule has 2 aromatic rings. The first-order valence-corrected chi connectivity index (χ1v) is 11.3. The maximum absolute atomic E-state index is 10.9. The van der Waals surface area contributed by atoms with E-state index in [4.69, 9.17) is 14.8 Å². The van der Waals surface area contributed by atoms with Crippen LogP contribution < -0.4 is 4.74 Å². The number of ether oxygens (including phenoxy) is 1. The number of rotatable bonds is 8. The van der Waals surface area contributed by atoms with Gasteiger partial charge < -0.3 is 14.7 Å². The molecule has 7 heteroatoms. The second kappa shape index (κ2) is 9.24. The van der Waals surface area contributed by atoms with E-state index in [9.17, 15) is 4.79 Å². The minimum atomic E-state index is -0.774. The molecule has 6 nitrogen and oxygen atoms in total. The van der Waals surface area contributed by atoms with Crippen LogP contribution in [0.5, 0.6) is 5.75 Å². The van der Waals surface area contributed by atoms with Gasteiger partial charge in [0.05, 0.1) is 18.8 Å². The molecule has 4 rings (SSSR count). The summed E-state index contributed by atoms with van der Waals surface area (Å²) in [7, 11) is 0. The van der Waals surface area contributed by atoms with Crippen LogP contribution in [0.15, 0.2) is 24.3 Å². The van der Waals surface area contributed by atoms with Gasteiger partial charge in [-0.1, -0.05) is 0 Å². The molecular formula is C22H29N3O3S. The SMILES string of the molecule is C[C@@H]1CCCN1CCCOc1ccc(-c2nc3c(s2)CN(CC(=O)O)CC3)cc1. The molecule has 1 saturated heterocycles. The normalized spacial score (nSPS) is 20.0. The van der Waals surface area contributed by atoms with E-state index in [-0.39, 0.29) is 6.54 Å². The van der Waals surface area contributed by atoms with Crippen molar-refractivity contribution < 1.29 is 14.6 Å². The standard InChI is InChI=1S/C22H29N3O3S/c1-16-4-2-10-25(16)11-3-13-28-18-7-5-17(6-8-18)22-23-19-9-12-24(15-21(26)27)14-20(19)29-22/h5-8,16H,2-4,9-15H2,1H3,(H,26,27)/t16-/m1/s1. The maximum atomic E-state index is 10.9. The quantitative estimate of drug-likeness (QED) is 0.666. The van der Waals surface area contributed by atoms with Crippen molar-refractivity contribution in [2.24, 2.45) is 0 Å². The second-order valence-corrected chi connectivity index (χ2v) is 9.08. The predicted molar refractivity (Wildman–Crippen MR) is 115 cm³/mol. The fourth-order valence-corrected chi connectivity index (χ4v) is 5.33. The van der Waals surface area contributed by atoms with Crippen LogP contribution in [0.2, 0.25) is 0 Å². The van der Waals surface area contributed by atoms with Crippen molar-refractivity contribution >= 4 is 17.3 Å². The van der Waals surface area contributed by atoms with Gasteiger partial charge in [0.15, 0.2) is 0 Å². The van der Waals surface area contributed by atoms with Gasteiger partial charge in [0.25, 0.3) is 0 Å². The Kier molecular flexibility index (Phi) is 6.47. The number of thiazole rings is 1. The highest BCUT2D eigenvalue weighted by molar-refractivity contribution is 7.15. The van der Waals surface area contributed by atoms with Crippen molar-refractivity contribution in [2.45, 2.75) is 45.2 Å². The number of carboxylic acids is 1. The zero-order chi connectivity index (χ0) is 20.2. The fraction of sp³-hybridized carbons (Fsp3) is 0.545. The highest BCUT2D eigenvalue weighted by Crippen LogP contribution is 2.32. The Morgan fingerprint density at radius 2 is 2.14 bits per heavy atom. The van der Waals surface area contributed by atoms with E-state index in [1.807, 2.05) is 17.0 Å². The molecule has 0 aliphatic carbocycles. The minimum Gasteiger partial charge on any atom is -0.494 e. The summed E-state index contributed by atoms with van der Waals surface area (Å²) < 4.78 is 5.92. The van der Waals surface area contributed by atoms with Crippen molar-refractivity contribution in [3.8, 4) is 16.3 Å². The summed E-state index contributed by atoms with van der Waals surface area (Å²) in [6.07, 6.45) is 4.51. The van der Waals surface area contributed by atoms with Crippen molar-refractivity contribution in [3.63, 3.8) is 0 Å². The summed E-state index contributed by atoms with van der Waals surface area (Å²) >= 11 is 1.67. The number of nitrogens with zero attached hydrogens (tertiary/aromatic N) is 3. The second-order valence-electron chi connectivity index (χ2n) is 8.00. The van der Waals surface area contributed by atoms with Crippen molar-refractivity contribution in [1.82, 2.24) is 14.8 Å². The van der Waals surface area contributed by atoms with Gasteiger partial charge in [-0.15, -0.1) is 11.3 Å². The summed E-state index contributed by atoms with van der Waals surface area (Å²) in [5.74, 6) is 0.126. The summed E-state index contributed by atoms with van der Waals surface area (Å²) in [6, 6.07) is 8.89. The van der Waals surface area contributed by atoms with Gasteiger partial charge >= 0.3 is 5.97 Å². The molecule has 156 valence electrons. The third-order valence-electron chi connectivity index (χ3n) is 5.82. The van der Waals surface area contributed by atoms with Gasteiger partial charge in [0.1, 0.15) is 10.8 Å². The van der Waals surface area contributed by atoms with Crippen LogP contribution in [0.4, 0.5) is 0 Å². The van der Waals surface area contributed by atoms with Crippen LogP contribution in [0.3, 0.4) is 0 Å². The average molecular weight is 416 g/mol. The molecule has 0 bridgehead atoms. The molecule has 3 heterocycles. The van der Waals surface area contributed by atoms with Crippen molar-refractivity contribution in [3.05, 3.63) is 34.8 Å². The number of carbonyl (C=O) groups is 1. The first-order valence-electron chi connectivity index (χ1n) is 10.5. The highest BCUT2D eigenvalue weighted by atomic mass is 32.1. The summed E-state index contributed by atoms with van der Waals surface area (Å²) in [5, 5.41) is 10.0. The van der Waals surface area contributed by atoms with Crippen LogP contribution in [0.1, 0.15) is 36.8 Å². The molecule has 0 unspecified atom stereocenters. The Morgan fingerprint density at radius 1 is 1.31 bits per heavy atom. The van der Waals surface area contributed by atoms with E-state index in [2.05, 4.69) is 24.0 Å². The number of carboxylic acid groups (broad SMARTS) is 1. The summed E-state index contributed by atoms with van der Waals surface area (Å²) in [5.41, 5.74) is 2.20. The molecule has 0 spiro atoms. The molecule has 2 aliphatic heterocycles. The Morgan fingerprint density at radius 3 is 2.86 bits per heavy atom. The minimum absolute atomic E-state index is 0.0926. The largest absolute Gasteiger partial charge is 0.494 e. The number of fused-ring (bicyclic) bond motifs is 1. The van der Waals surface area contributed by atoms with Crippen LogP contribution in [-0.2, 0) is 17.8 Å². The molecule has 1 aromatic carbocycles. The van der Waals surface area contributed by atoms with Gasteiger partial charge in [-0.2, -0.15) is 0 Å². The summed E-state index contributed by atoms with van der Waals surface area (Å²) in [6.45, 7) is 6.92. The molecule has 1 fully saturated rings. The first kappa shape index (κ1) is 20.3. The zero-order valence-electron chi connectivity index (χ0n) is 17.0. The van der Waals surface area contributed by atoms with Gasteiger partial charge in [-0.3, -0.25) is 9.69 Å². The number of benzene rings is 1. The molecule has 29 heavy (non-hydrogen) atoms. The van der Waals surface area contributed by atoms with Gasteiger partial charge in [-0.05, 0) is 57.0 Å². The van der Waals surface area contributed by atoms with Crippen LogP contribution in [0.25, 0.3) is 10.6 Å². The lowest BCUT2D eigenvalue weighted by molar-refractivity contribution is -0.138. The number of likely N-dealkylation sites (tertiary alicyclic amines) is 1. The van der Waals surface area contributed by atoms with Crippen LogP contribution in [0, 0.1) is 0 Å². The smallest absolute Gasteiger partial charge is 0.317 e. The first-order chi connectivity index (χ1) is 14.1. The maximum Gasteiger partial charge on any atom is 0.317 e. The van der Waals surface area contributed by atoms with E-state index in [0.29, 0.717) is 6.54 Å². The lowest BCUT2D eigenvalue weighted by Crippen LogP contribution is -2.34. The Balaban J connectivity index is 1.29. The predicted octanol–water partition coefficient (Wildman–Crippen LogP) is 3.51. The topological polar surface area (TPSA) is 65.9 Å². The molecule has 0 saturated carbocycles. The van der Waals surface area contributed by atoms with E-state index in [1.165, 1.54) is 24.3 Å². The molecule has 1 atom stereocenters. The van der Waals surface area contributed by atoms with Crippen LogP contribution >= 0.6 is 11.3 Å². The van der Waals surface area contributed by atoms with Crippen molar-refractivity contribution in [2.75, 3.05) is 32.8 Å². The lowest BCUT2D eigenvalue weighted by Gasteiger charge is -2.23. The lowest BCUT2D eigenvalue weighted by atomic mass is 10.2. The number of hydrogen-bond acceptors (Lipinski definition) is 6. The third kappa shape index (κ3) is 5.15. The zero-order valence-corrected chi connectivity index (χ0v) is 17.8. The monoisotopic (exact) mass is 415 g/mol. The number of hydrogen-bond donors (Lipinski definition) is 1. The Bertz CT molecular complexity index is 836. The van der Waals surface area contributed by atoms with Crippen molar-refractivity contribution in [1.29, 1.82) is 0 Å². The van der Waals surface area contributed by atoms with E-state index < -0.39 is 5.97 Å². The average Bonchev–Trinajstić information content (AvgIpc) is 3.31. The summed E-state index contributed by atoms with van der Waals surface area (Å²) in [4.78, 5) is 21.4. The van der Waals surface area contributed by atoms with Crippen LogP contribution in [-0.4, -0.2) is 64.7 Å². The Labute approximate surface area is 176 Å². The van der Waals surface area contributed by atoms with Gasteiger partial charge in [0.2, 0.25) is 0 Å². The molecule has 0 radical (unpaired) electrons. The molecule has 2 aliphatic rings. The molecule has 1 N–H and O–H groups in total. The molecular weight excluding hydrogens is 386 g/mol. The van der Waals surface area contributed by atoms with E-state index >= 15 is 0 Å². The Hall–Kier alpha value is -1.96.